The second-order valence-electron chi connectivity index (χ2n) is 3.39. The van der Waals surface area contributed by atoms with Gasteiger partial charge in [0.15, 0.2) is 11.8 Å². The van der Waals surface area contributed by atoms with Crippen LogP contribution >= 0.6 is 0 Å². The Bertz CT molecular complexity index is 175. The van der Waals surface area contributed by atoms with Crippen molar-refractivity contribution in [2.24, 2.45) is 5.92 Å². The average Bonchev–Trinajstić information content (AvgIpc) is 1.94. The second kappa shape index (κ2) is 3.22. The van der Waals surface area contributed by atoms with Crippen molar-refractivity contribution >= 4 is 5.71 Å². The topological polar surface area (TPSA) is 35.3 Å². The van der Waals surface area contributed by atoms with E-state index in [0.717, 1.165) is 10.5 Å². The first-order valence-corrected chi connectivity index (χ1v) is 3.99. The van der Waals surface area contributed by atoms with Gasteiger partial charge < -0.3 is 9.94 Å². The first-order chi connectivity index (χ1) is 5.13. The molecule has 0 radical (unpaired) electrons. The summed E-state index contributed by atoms with van der Waals surface area (Å²) >= 11 is 0. The van der Waals surface area contributed by atoms with Gasteiger partial charge in [-0.15, -0.1) is 0 Å². The van der Waals surface area contributed by atoms with Crippen LogP contribution in [0.2, 0.25) is 0 Å². The van der Waals surface area contributed by atoms with Crippen LogP contribution in [0.1, 0.15) is 20.8 Å². The van der Waals surface area contributed by atoms with E-state index in [2.05, 4.69) is 0 Å². The summed E-state index contributed by atoms with van der Waals surface area (Å²) in [5.41, 5.74) is 0.787. The van der Waals surface area contributed by atoms with Crippen LogP contribution in [0.15, 0.2) is 0 Å². The van der Waals surface area contributed by atoms with Crippen LogP contribution in [0.25, 0.3) is 0 Å². The zero-order valence-corrected chi connectivity index (χ0v) is 7.33. The molecule has 0 saturated carbocycles. The maximum absolute atomic E-state index is 11.4. The molecule has 1 aliphatic heterocycles. The lowest BCUT2D eigenvalue weighted by molar-refractivity contribution is -0.524. The molecule has 1 heterocycles. The molecule has 3 nitrogen and oxygen atoms in total. The highest BCUT2D eigenvalue weighted by Crippen LogP contribution is 2.10. The number of nitrogens with zero attached hydrogens (tertiary/aromatic N) is 1. The highest BCUT2D eigenvalue weighted by molar-refractivity contribution is 5.78. The summed E-state index contributed by atoms with van der Waals surface area (Å²) in [7, 11) is 0. The van der Waals surface area contributed by atoms with E-state index in [9.17, 15) is 5.21 Å². The van der Waals surface area contributed by atoms with Crippen molar-refractivity contribution in [1.82, 2.24) is 0 Å². The van der Waals surface area contributed by atoms with Crippen LogP contribution in [-0.2, 0) is 4.74 Å². The molecule has 1 aliphatic rings. The van der Waals surface area contributed by atoms with E-state index in [1.807, 2.05) is 20.8 Å². The maximum Gasteiger partial charge on any atom is 0.188 e. The van der Waals surface area contributed by atoms with E-state index in [1.54, 1.807) is 0 Å². The van der Waals surface area contributed by atoms with Crippen LogP contribution in [0.4, 0.5) is 0 Å². The molecule has 3 heteroatoms. The maximum atomic E-state index is 11.4. The Morgan fingerprint density at radius 2 is 2.27 bits per heavy atom. The van der Waals surface area contributed by atoms with Crippen molar-refractivity contribution in [1.29, 1.82) is 0 Å². The minimum absolute atomic E-state index is 0.0174. The highest BCUT2D eigenvalue weighted by Gasteiger charge is 2.26. The van der Waals surface area contributed by atoms with Crippen LogP contribution in [0.3, 0.4) is 0 Å². The van der Waals surface area contributed by atoms with Crippen LogP contribution in [-0.4, -0.2) is 29.7 Å². The van der Waals surface area contributed by atoms with Gasteiger partial charge in [0.25, 0.3) is 0 Å². The number of hydroxylamine groups is 1. The van der Waals surface area contributed by atoms with E-state index < -0.39 is 0 Å². The second-order valence-corrected chi connectivity index (χ2v) is 3.39. The quantitative estimate of drug-likeness (QED) is 0.420. The fourth-order valence-corrected chi connectivity index (χ4v) is 1.21. The molecule has 0 bridgehead atoms. The van der Waals surface area contributed by atoms with Crippen molar-refractivity contribution in [2.45, 2.75) is 26.8 Å². The third kappa shape index (κ3) is 1.71. The van der Waals surface area contributed by atoms with Crippen LogP contribution < -0.4 is 0 Å². The predicted molar refractivity (Wildman–Crippen MR) is 43.8 cm³/mol. The Morgan fingerprint density at radius 3 is 2.73 bits per heavy atom. The molecule has 0 spiro atoms. The Labute approximate surface area is 67.3 Å². The molecule has 0 N–H and O–H groups in total. The molecule has 0 fully saturated rings. The normalized spacial score (nSPS) is 26.4. The van der Waals surface area contributed by atoms with Crippen molar-refractivity contribution < 1.29 is 9.48 Å². The van der Waals surface area contributed by atoms with Crippen LogP contribution in [0.5, 0.6) is 0 Å². The zero-order chi connectivity index (χ0) is 8.43. The first-order valence-electron chi connectivity index (χ1n) is 3.99. The fourth-order valence-electron chi connectivity index (χ4n) is 1.21. The number of hydrogen-bond acceptors (Lipinski definition) is 2. The van der Waals surface area contributed by atoms with Gasteiger partial charge in [0.05, 0.1) is 0 Å². The van der Waals surface area contributed by atoms with Gasteiger partial charge in [-0.3, -0.25) is 0 Å². The number of hydrogen-bond donors (Lipinski definition) is 0. The number of ether oxygens (including phenoxy) is 1. The first kappa shape index (κ1) is 8.53. The Kier molecular flexibility index (Phi) is 2.49. The van der Waals surface area contributed by atoms with Gasteiger partial charge in [0, 0.05) is 12.8 Å². The van der Waals surface area contributed by atoms with E-state index in [-0.39, 0.29) is 6.04 Å². The van der Waals surface area contributed by atoms with Crippen molar-refractivity contribution in [2.75, 3.05) is 13.2 Å². The fraction of sp³-hybridized carbons (Fsp3) is 0.875. The van der Waals surface area contributed by atoms with E-state index in [4.69, 9.17) is 4.74 Å². The molecule has 0 saturated heterocycles. The lowest BCUT2D eigenvalue weighted by Crippen LogP contribution is -2.41. The molecule has 1 atom stereocenters. The lowest BCUT2D eigenvalue weighted by Gasteiger charge is -2.25. The molecule has 0 unspecified atom stereocenters. The Morgan fingerprint density at radius 1 is 1.64 bits per heavy atom. The highest BCUT2D eigenvalue weighted by atomic mass is 16.5. The minimum atomic E-state index is 0.0174. The van der Waals surface area contributed by atoms with Crippen LogP contribution in [0, 0.1) is 11.1 Å². The molecule has 1 rings (SSSR count). The molecule has 64 valence electrons. The van der Waals surface area contributed by atoms with Gasteiger partial charge in [-0.25, -0.2) is 4.74 Å². The predicted octanol–water partition coefficient (Wildman–Crippen LogP) is 1.01. The summed E-state index contributed by atoms with van der Waals surface area (Å²) in [4.78, 5) is 0. The molecule has 0 aromatic rings. The molecular formula is C8H15NO2. The van der Waals surface area contributed by atoms with Crippen molar-refractivity contribution in [3.05, 3.63) is 5.21 Å². The smallest absolute Gasteiger partial charge is 0.188 e. The summed E-state index contributed by atoms with van der Waals surface area (Å²) in [6.45, 7) is 6.96. The third-order valence-electron chi connectivity index (χ3n) is 2.05. The summed E-state index contributed by atoms with van der Waals surface area (Å²) in [6, 6.07) is 0.0174. The molecule has 0 aromatic carbocycles. The lowest BCUT2D eigenvalue weighted by atomic mass is 10.0. The Hall–Kier alpha value is -0.570. The standard InChI is InChI=1S/C8H15NO2/c1-6(2)8-5-11-4-7(3)9(8)10/h6,8H,4-5H2,1-3H3/t8-/m1/s1. The monoisotopic (exact) mass is 157 g/mol. The van der Waals surface area contributed by atoms with Gasteiger partial charge in [-0.1, -0.05) is 13.8 Å². The van der Waals surface area contributed by atoms with E-state index >= 15 is 0 Å². The van der Waals surface area contributed by atoms with Gasteiger partial charge in [-0.2, -0.15) is 0 Å². The van der Waals surface area contributed by atoms with Crippen molar-refractivity contribution in [3.63, 3.8) is 0 Å². The SMILES string of the molecule is CC1=[N+]([O-])[C@@H](C(C)C)COC1. The van der Waals surface area contributed by atoms with E-state index in [0.29, 0.717) is 19.1 Å². The molecule has 0 aliphatic carbocycles. The van der Waals surface area contributed by atoms with Gasteiger partial charge in [0.1, 0.15) is 13.2 Å². The largest absolute Gasteiger partial charge is 0.624 e. The molecular weight excluding hydrogens is 142 g/mol. The Balaban J connectivity index is 2.74. The summed E-state index contributed by atoms with van der Waals surface area (Å²) in [6.07, 6.45) is 0. The number of rotatable bonds is 1. The molecule has 0 amide bonds. The van der Waals surface area contributed by atoms with Crippen molar-refractivity contribution in [3.8, 4) is 0 Å². The third-order valence-corrected chi connectivity index (χ3v) is 2.05. The van der Waals surface area contributed by atoms with Gasteiger partial charge in [-0.05, 0) is 0 Å². The minimum Gasteiger partial charge on any atom is -0.624 e. The zero-order valence-electron chi connectivity index (χ0n) is 7.33. The summed E-state index contributed by atoms with van der Waals surface area (Å²) in [5, 5.41) is 11.4. The van der Waals surface area contributed by atoms with Gasteiger partial charge >= 0.3 is 0 Å². The average molecular weight is 157 g/mol. The summed E-state index contributed by atoms with van der Waals surface area (Å²) < 4.78 is 6.34. The van der Waals surface area contributed by atoms with Gasteiger partial charge in [0.2, 0.25) is 0 Å². The molecule has 0 aromatic heterocycles. The summed E-state index contributed by atoms with van der Waals surface area (Å²) in [5.74, 6) is 0.364. The molecule has 11 heavy (non-hydrogen) atoms. The van der Waals surface area contributed by atoms with E-state index in [1.165, 1.54) is 0 Å².